The summed E-state index contributed by atoms with van der Waals surface area (Å²) < 4.78 is 33.0. The van der Waals surface area contributed by atoms with Crippen LogP contribution < -0.4 is 14.8 Å². The molecule has 0 radical (unpaired) electrons. The van der Waals surface area contributed by atoms with Crippen LogP contribution >= 0.6 is 24.0 Å². The summed E-state index contributed by atoms with van der Waals surface area (Å²) in [5.41, 5.74) is 0.611. The van der Waals surface area contributed by atoms with Gasteiger partial charge in [-0.3, -0.25) is 0 Å². The van der Waals surface area contributed by atoms with Crippen molar-refractivity contribution < 1.29 is 13.2 Å². The molecule has 0 bridgehead atoms. The Kier molecular flexibility index (Phi) is 6.95. The van der Waals surface area contributed by atoms with E-state index in [1.807, 2.05) is 0 Å². The number of nitrogens with one attached hydrogen (secondary N) is 2. The molecular formula is C14H22Cl2N2O3S. The number of hydrogen-bond acceptors (Lipinski definition) is 4. The Morgan fingerprint density at radius 3 is 2.68 bits per heavy atom. The molecule has 2 N–H and O–H groups in total. The summed E-state index contributed by atoms with van der Waals surface area (Å²) in [5, 5.41) is 3.50. The number of benzene rings is 1. The Balaban J connectivity index is 0.00000242. The molecule has 2 unspecified atom stereocenters. The first-order chi connectivity index (χ1) is 9.85. The van der Waals surface area contributed by atoms with Gasteiger partial charge in [0.1, 0.15) is 5.75 Å². The van der Waals surface area contributed by atoms with Crippen LogP contribution in [-0.2, 0) is 10.0 Å². The van der Waals surface area contributed by atoms with Crippen molar-refractivity contribution >= 4 is 34.0 Å². The fraction of sp³-hybridized carbons (Fsp3) is 0.571. The molecule has 1 fully saturated rings. The van der Waals surface area contributed by atoms with Gasteiger partial charge in [-0.1, -0.05) is 18.5 Å². The van der Waals surface area contributed by atoms with Crippen LogP contribution in [0.4, 0.5) is 0 Å². The lowest BCUT2D eigenvalue weighted by atomic mass is 9.96. The predicted molar refractivity (Wildman–Crippen MR) is 90.7 cm³/mol. The van der Waals surface area contributed by atoms with Crippen LogP contribution in [0.25, 0.3) is 0 Å². The smallest absolute Gasteiger partial charge is 0.241 e. The minimum absolute atomic E-state index is 0. The van der Waals surface area contributed by atoms with E-state index in [0.717, 1.165) is 13.0 Å². The van der Waals surface area contributed by atoms with Crippen LogP contribution in [0.1, 0.15) is 18.9 Å². The van der Waals surface area contributed by atoms with Gasteiger partial charge in [0.15, 0.2) is 0 Å². The van der Waals surface area contributed by atoms with Gasteiger partial charge in [-0.15, -0.1) is 12.4 Å². The van der Waals surface area contributed by atoms with Crippen LogP contribution in [0.3, 0.4) is 0 Å². The number of hydrogen-bond donors (Lipinski definition) is 2. The predicted octanol–water partition coefficient (Wildman–Crippen LogP) is 2.36. The number of ether oxygens (including phenoxy) is 1. The van der Waals surface area contributed by atoms with Crippen LogP contribution in [-0.4, -0.2) is 34.7 Å². The molecule has 2 rings (SSSR count). The van der Waals surface area contributed by atoms with Gasteiger partial charge < -0.3 is 10.1 Å². The van der Waals surface area contributed by atoms with Crippen LogP contribution in [0.2, 0.25) is 5.02 Å². The average Bonchev–Trinajstić information content (AvgIpc) is 2.43. The summed E-state index contributed by atoms with van der Waals surface area (Å²) in [6.07, 6.45) is 0.954. The third kappa shape index (κ3) is 4.26. The number of halogens is 2. The largest absolute Gasteiger partial charge is 0.495 e. The number of methoxy groups -OCH3 is 1. The first kappa shape index (κ1) is 19.5. The maximum Gasteiger partial charge on any atom is 0.241 e. The van der Waals surface area contributed by atoms with Crippen molar-refractivity contribution in [3.05, 3.63) is 22.7 Å². The quantitative estimate of drug-likeness (QED) is 0.855. The number of aryl methyl sites for hydroxylation is 1. The topological polar surface area (TPSA) is 67.4 Å². The Labute approximate surface area is 143 Å². The Morgan fingerprint density at radius 1 is 1.41 bits per heavy atom. The van der Waals surface area contributed by atoms with E-state index in [1.54, 1.807) is 13.0 Å². The van der Waals surface area contributed by atoms with E-state index in [-0.39, 0.29) is 23.3 Å². The van der Waals surface area contributed by atoms with Gasteiger partial charge in [-0.25, -0.2) is 13.1 Å². The zero-order valence-electron chi connectivity index (χ0n) is 12.8. The summed E-state index contributed by atoms with van der Waals surface area (Å²) in [6, 6.07) is 2.97. The maximum absolute atomic E-state index is 12.6. The average molecular weight is 369 g/mol. The standard InChI is InChI=1S/C14H21ClN2O3S.ClH/c1-9-4-5-16-8-12(9)17-21(18,19)14-7-11(15)13(20-3)6-10(14)2;/h6-7,9,12,16-17H,4-5,8H2,1-3H3;1H. The van der Waals surface area contributed by atoms with Crippen molar-refractivity contribution in [2.75, 3.05) is 20.2 Å². The molecule has 2 atom stereocenters. The lowest BCUT2D eigenvalue weighted by molar-refractivity contribution is 0.327. The molecule has 1 aliphatic heterocycles. The third-order valence-electron chi connectivity index (χ3n) is 3.87. The van der Waals surface area contributed by atoms with Gasteiger partial charge in [0.05, 0.1) is 17.0 Å². The summed E-state index contributed by atoms with van der Waals surface area (Å²) in [5.74, 6) is 0.774. The molecule has 126 valence electrons. The second-order valence-electron chi connectivity index (χ2n) is 5.45. The van der Waals surface area contributed by atoms with Crippen LogP contribution in [0.15, 0.2) is 17.0 Å². The third-order valence-corrected chi connectivity index (χ3v) is 5.80. The van der Waals surface area contributed by atoms with Crippen molar-refractivity contribution in [1.82, 2.24) is 10.0 Å². The van der Waals surface area contributed by atoms with Gasteiger partial charge in [-0.2, -0.15) is 0 Å². The van der Waals surface area contributed by atoms with Crippen molar-refractivity contribution in [3.63, 3.8) is 0 Å². The molecule has 1 aromatic rings. The zero-order valence-corrected chi connectivity index (χ0v) is 15.2. The summed E-state index contributed by atoms with van der Waals surface area (Å²) in [4.78, 5) is 0.200. The van der Waals surface area contributed by atoms with E-state index in [1.165, 1.54) is 13.2 Å². The molecule has 0 amide bonds. The number of piperidine rings is 1. The second-order valence-corrected chi connectivity index (χ2v) is 7.54. The maximum atomic E-state index is 12.6. The first-order valence-electron chi connectivity index (χ1n) is 6.92. The van der Waals surface area contributed by atoms with Crippen molar-refractivity contribution in [2.45, 2.75) is 31.2 Å². The number of sulfonamides is 1. The molecule has 5 nitrogen and oxygen atoms in total. The molecule has 22 heavy (non-hydrogen) atoms. The molecule has 8 heteroatoms. The molecule has 0 aromatic heterocycles. The van der Waals surface area contributed by atoms with Crippen molar-refractivity contribution in [3.8, 4) is 5.75 Å². The summed E-state index contributed by atoms with van der Waals surface area (Å²) >= 11 is 6.05. The normalized spacial score (nSPS) is 22.0. The van der Waals surface area contributed by atoms with E-state index < -0.39 is 10.0 Å². The fourth-order valence-corrected chi connectivity index (χ4v) is 4.40. The Morgan fingerprint density at radius 2 is 2.09 bits per heavy atom. The summed E-state index contributed by atoms with van der Waals surface area (Å²) in [7, 11) is -2.10. The van der Waals surface area contributed by atoms with E-state index in [2.05, 4.69) is 17.0 Å². The lowest BCUT2D eigenvalue weighted by Crippen LogP contribution is -2.50. The zero-order chi connectivity index (χ0) is 15.6. The van der Waals surface area contributed by atoms with E-state index >= 15 is 0 Å². The van der Waals surface area contributed by atoms with E-state index in [4.69, 9.17) is 16.3 Å². The summed E-state index contributed by atoms with van der Waals surface area (Å²) in [6.45, 7) is 5.36. The van der Waals surface area contributed by atoms with Gasteiger partial charge in [0, 0.05) is 12.6 Å². The van der Waals surface area contributed by atoms with E-state index in [9.17, 15) is 8.42 Å². The van der Waals surface area contributed by atoms with Crippen LogP contribution in [0, 0.1) is 12.8 Å². The monoisotopic (exact) mass is 368 g/mol. The second kappa shape index (κ2) is 7.84. The molecule has 1 saturated heterocycles. The Hall–Kier alpha value is -0.530. The first-order valence-corrected chi connectivity index (χ1v) is 8.78. The van der Waals surface area contributed by atoms with Gasteiger partial charge in [-0.05, 0) is 43.5 Å². The molecule has 0 saturated carbocycles. The highest BCUT2D eigenvalue weighted by Crippen LogP contribution is 2.30. The highest BCUT2D eigenvalue weighted by molar-refractivity contribution is 7.89. The molecule has 0 spiro atoms. The molecule has 0 aliphatic carbocycles. The van der Waals surface area contributed by atoms with Gasteiger partial charge in [0.2, 0.25) is 10.0 Å². The SMILES string of the molecule is COc1cc(C)c(S(=O)(=O)NC2CNCCC2C)cc1Cl.Cl. The van der Waals surface area contributed by atoms with Crippen molar-refractivity contribution in [1.29, 1.82) is 0 Å². The van der Waals surface area contributed by atoms with Gasteiger partial charge >= 0.3 is 0 Å². The molecule has 1 heterocycles. The number of rotatable bonds is 4. The van der Waals surface area contributed by atoms with Crippen molar-refractivity contribution in [2.24, 2.45) is 5.92 Å². The minimum Gasteiger partial charge on any atom is -0.495 e. The highest BCUT2D eigenvalue weighted by Gasteiger charge is 2.28. The van der Waals surface area contributed by atoms with Gasteiger partial charge in [0.25, 0.3) is 0 Å². The highest BCUT2D eigenvalue weighted by atomic mass is 35.5. The Bertz CT molecular complexity index is 623. The fourth-order valence-electron chi connectivity index (χ4n) is 2.49. The van der Waals surface area contributed by atoms with E-state index in [0.29, 0.717) is 28.8 Å². The molecular weight excluding hydrogens is 347 g/mol. The van der Waals surface area contributed by atoms with Crippen LogP contribution in [0.5, 0.6) is 5.75 Å². The minimum atomic E-state index is -3.60. The lowest BCUT2D eigenvalue weighted by Gasteiger charge is -2.30. The molecule has 1 aliphatic rings. The molecule has 1 aromatic carbocycles.